The van der Waals surface area contributed by atoms with Crippen molar-refractivity contribution in [1.29, 1.82) is 0 Å². The monoisotopic (exact) mass is 166 g/mol. The molecule has 0 unspecified atom stereocenters. The van der Waals surface area contributed by atoms with Gasteiger partial charge in [0.15, 0.2) is 0 Å². The minimum Gasteiger partial charge on any atom is -0.807 e. The molecule has 0 aliphatic rings. The van der Waals surface area contributed by atoms with Crippen molar-refractivity contribution < 1.29 is 0 Å². The number of nitrogens with zero attached hydrogens (tertiary/aromatic N) is 1. The van der Waals surface area contributed by atoms with Crippen molar-refractivity contribution in [1.82, 2.24) is 0 Å². The molecule has 0 aliphatic heterocycles. The molecule has 58 valence electrons. The summed E-state index contributed by atoms with van der Waals surface area (Å²) in [4.78, 5) is 0. The first kappa shape index (κ1) is 8.28. The SMILES string of the molecule is CCC(=[N-])c1cccc(Cl)c1. The van der Waals surface area contributed by atoms with E-state index in [1.54, 1.807) is 12.1 Å². The predicted octanol–water partition coefficient (Wildman–Crippen LogP) is 3.11. The maximum atomic E-state index is 9.31. The molecule has 0 amide bonds. The van der Waals surface area contributed by atoms with E-state index < -0.39 is 0 Å². The van der Waals surface area contributed by atoms with Crippen molar-refractivity contribution in [3.63, 3.8) is 0 Å². The second kappa shape index (κ2) is 3.54. The van der Waals surface area contributed by atoms with Gasteiger partial charge in [0.05, 0.1) is 0 Å². The van der Waals surface area contributed by atoms with Crippen molar-refractivity contribution in [2.45, 2.75) is 13.3 Å². The van der Waals surface area contributed by atoms with Gasteiger partial charge in [0.1, 0.15) is 0 Å². The van der Waals surface area contributed by atoms with Gasteiger partial charge in [-0.2, -0.15) is 5.71 Å². The lowest BCUT2D eigenvalue weighted by atomic mass is 10.1. The van der Waals surface area contributed by atoms with E-state index in [0.717, 1.165) is 5.56 Å². The van der Waals surface area contributed by atoms with E-state index in [9.17, 15) is 5.41 Å². The van der Waals surface area contributed by atoms with Gasteiger partial charge in [0.25, 0.3) is 0 Å². The summed E-state index contributed by atoms with van der Waals surface area (Å²) in [7, 11) is 0. The summed E-state index contributed by atoms with van der Waals surface area (Å²) >= 11 is 5.72. The molecule has 1 nitrogen and oxygen atoms in total. The van der Waals surface area contributed by atoms with Gasteiger partial charge in [-0.25, -0.2) is 0 Å². The van der Waals surface area contributed by atoms with E-state index in [4.69, 9.17) is 11.6 Å². The smallest absolute Gasteiger partial charge is 0.0411 e. The Labute approximate surface area is 71.5 Å². The lowest BCUT2D eigenvalue weighted by molar-refractivity contribution is 1.30. The fraction of sp³-hybridized carbons (Fsp3) is 0.222. The quantitative estimate of drug-likeness (QED) is 0.603. The summed E-state index contributed by atoms with van der Waals surface area (Å²) in [5, 5.41) is 9.97. The van der Waals surface area contributed by atoms with Gasteiger partial charge in [0, 0.05) is 5.02 Å². The molecule has 11 heavy (non-hydrogen) atoms. The number of hydrogen-bond donors (Lipinski definition) is 0. The summed E-state index contributed by atoms with van der Waals surface area (Å²) < 4.78 is 0. The summed E-state index contributed by atoms with van der Waals surface area (Å²) in [6, 6.07) is 7.20. The molecule has 0 heterocycles. The highest BCUT2D eigenvalue weighted by atomic mass is 35.5. The highest BCUT2D eigenvalue weighted by molar-refractivity contribution is 6.31. The maximum Gasteiger partial charge on any atom is 0.0411 e. The molecule has 0 bridgehead atoms. The van der Waals surface area contributed by atoms with Gasteiger partial charge in [-0.1, -0.05) is 37.1 Å². The molecule has 0 saturated carbocycles. The summed E-state index contributed by atoms with van der Waals surface area (Å²) in [5.41, 5.74) is 1.19. The van der Waals surface area contributed by atoms with Gasteiger partial charge < -0.3 is 5.41 Å². The van der Waals surface area contributed by atoms with Crippen LogP contribution in [0.2, 0.25) is 5.02 Å². The van der Waals surface area contributed by atoms with Crippen LogP contribution in [-0.4, -0.2) is 5.71 Å². The van der Waals surface area contributed by atoms with Crippen LogP contribution in [-0.2, 0) is 0 Å². The van der Waals surface area contributed by atoms with E-state index >= 15 is 0 Å². The Kier molecular flexibility index (Phi) is 2.66. The molecular weight excluding hydrogens is 158 g/mol. The fourth-order valence-corrected chi connectivity index (χ4v) is 1.06. The normalized spacial score (nSPS) is 9.64. The molecule has 0 aromatic heterocycles. The second-order valence-corrected chi connectivity index (χ2v) is 2.75. The molecule has 0 N–H and O–H groups in total. The molecule has 0 fully saturated rings. The average molecular weight is 167 g/mol. The zero-order valence-corrected chi connectivity index (χ0v) is 7.10. The van der Waals surface area contributed by atoms with E-state index in [-0.39, 0.29) is 0 Å². The number of rotatable bonds is 2. The lowest BCUT2D eigenvalue weighted by Crippen LogP contribution is -1.94. The Hall–Kier alpha value is -0.820. The number of hydrogen-bond acceptors (Lipinski definition) is 0. The van der Waals surface area contributed by atoms with Crippen molar-refractivity contribution in [3.8, 4) is 0 Å². The fourth-order valence-electron chi connectivity index (χ4n) is 0.872. The van der Waals surface area contributed by atoms with Gasteiger partial charge in [-0.05, 0) is 17.7 Å². The molecule has 1 aromatic carbocycles. The second-order valence-electron chi connectivity index (χ2n) is 2.31. The predicted molar refractivity (Wildman–Crippen MR) is 49.2 cm³/mol. The van der Waals surface area contributed by atoms with Crippen molar-refractivity contribution in [3.05, 3.63) is 40.3 Å². The van der Waals surface area contributed by atoms with Crippen molar-refractivity contribution in [2.75, 3.05) is 0 Å². The molecule has 0 spiro atoms. The van der Waals surface area contributed by atoms with Gasteiger partial charge in [-0.3, -0.25) is 0 Å². The highest BCUT2D eigenvalue weighted by Gasteiger charge is 1.91. The lowest BCUT2D eigenvalue weighted by Gasteiger charge is -2.09. The van der Waals surface area contributed by atoms with Crippen molar-refractivity contribution in [2.24, 2.45) is 0 Å². The average Bonchev–Trinajstić information content (AvgIpc) is 2.03. The molecule has 0 atom stereocenters. The molecule has 0 radical (unpaired) electrons. The van der Waals surface area contributed by atoms with Gasteiger partial charge >= 0.3 is 0 Å². The van der Waals surface area contributed by atoms with Crippen LogP contribution >= 0.6 is 11.6 Å². The third kappa shape index (κ3) is 2.05. The summed E-state index contributed by atoms with van der Waals surface area (Å²) in [6.45, 7) is 1.90. The van der Waals surface area contributed by atoms with Crippen LogP contribution in [0.3, 0.4) is 0 Å². The topological polar surface area (TPSA) is 22.3 Å². The third-order valence-electron chi connectivity index (χ3n) is 1.49. The standard InChI is InChI=1S/C9H9ClN/c1-2-9(11)7-4-3-5-8(10)6-7/h3-6H,2H2,1H3/q-1. The molecule has 0 aliphatic carbocycles. The third-order valence-corrected chi connectivity index (χ3v) is 1.73. The zero-order valence-electron chi connectivity index (χ0n) is 6.34. The molecular formula is C9H9ClN-. The first-order chi connectivity index (χ1) is 5.24. The summed E-state index contributed by atoms with van der Waals surface area (Å²) in [5.74, 6) is 0. The van der Waals surface area contributed by atoms with Gasteiger partial charge in [-0.15, -0.1) is 0 Å². The van der Waals surface area contributed by atoms with E-state index in [1.807, 2.05) is 19.1 Å². The van der Waals surface area contributed by atoms with E-state index in [1.165, 1.54) is 0 Å². The Morgan fingerprint density at radius 3 is 2.82 bits per heavy atom. The summed E-state index contributed by atoms with van der Waals surface area (Å²) in [6.07, 6.45) is 0.639. The largest absolute Gasteiger partial charge is 0.807 e. The number of benzene rings is 1. The first-order valence-corrected chi connectivity index (χ1v) is 3.92. The molecule has 1 aromatic rings. The molecule has 0 saturated heterocycles. The maximum absolute atomic E-state index is 9.31. The minimum atomic E-state index is 0.382. The van der Waals surface area contributed by atoms with Crippen molar-refractivity contribution >= 4 is 17.3 Å². The van der Waals surface area contributed by atoms with E-state index in [0.29, 0.717) is 17.2 Å². The molecule has 2 heteroatoms. The minimum absolute atomic E-state index is 0.382. The first-order valence-electron chi connectivity index (χ1n) is 3.54. The number of halogens is 1. The van der Waals surface area contributed by atoms with Crippen LogP contribution in [0, 0.1) is 0 Å². The van der Waals surface area contributed by atoms with Crippen LogP contribution in [0.5, 0.6) is 0 Å². The van der Waals surface area contributed by atoms with Crippen LogP contribution in [0.1, 0.15) is 18.9 Å². The Balaban J connectivity index is 2.96. The molecule has 1 rings (SSSR count). The zero-order chi connectivity index (χ0) is 8.27. The Morgan fingerprint density at radius 2 is 2.27 bits per heavy atom. The van der Waals surface area contributed by atoms with Crippen LogP contribution in [0.15, 0.2) is 24.3 Å². The van der Waals surface area contributed by atoms with E-state index in [2.05, 4.69) is 0 Å². The van der Waals surface area contributed by atoms with Crippen LogP contribution in [0.25, 0.3) is 5.41 Å². The van der Waals surface area contributed by atoms with Crippen LogP contribution in [0.4, 0.5) is 0 Å². The Bertz CT molecular complexity index is 268. The highest BCUT2D eigenvalue weighted by Crippen LogP contribution is 2.11. The Morgan fingerprint density at radius 1 is 1.55 bits per heavy atom. The van der Waals surface area contributed by atoms with Gasteiger partial charge in [0.2, 0.25) is 0 Å². The van der Waals surface area contributed by atoms with Crippen LogP contribution < -0.4 is 0 Å².